The maximum Gasteiger partial charge on any atom is 0.397 e. The minimum Gasteiger partial charge on any atom is -0.358 e. The highest BCUT2D eigenvalue weighted by Gasteiger charge is 2.16. The van der Waals surface area contributed by atoms with Gasteiger partial charge in [-0.2, -0.15) is 4.68 Å². The molecule has 0 fully saturated rings. The molecule has 80 valence electrons. The third kappa shape index (κ3) is 2.61. The third-order valence-corrected chi connectivity index (χ3v) is 1.53. The number of hydrogen-bond donors (Lipinski definition) is 2. The fourth-order valence-corrected chi connectivity index (χ4v) is 0.957. The van der Waals surface area contributed by atoms with E-state index in [0.29, 0.717) is 0 Å². The Morgan fingerprint density at radius 2 is 2.47 bits per heavy atom. The predicted octanol–water partition coefficient (Wildman–Crippen LogP) is -0.153. The van der Waals surface area contributed by atoms with Crippen molar-refractivity contribution in [3.8, 4) is 0 Å². The summed E-state index contributed by atoms with van der Waals surface area (Å²) in [7, 11) is 1.52. The number of aromatic nitrogens is 2. The molecule has 0 bridgehead atoms. The molecule has 0 saturated heterocycles. The van der Waals surface area contributed by atoms with E-state index in [9.17, 15) is 14.9 Å². The van der Waals surface area contributed by atoms with Crippen LogP contribution in [0.1, 0.15) is 5.56 Å². The molecule has 0 unspecified atom stereocenters. The van der Waals surface area contributed by atoms with Gasteiger partial charge in [-0.05, 0) is 11.0 Å². The lowest BCUT2D eigenvalue weighted by molar-refractivity contribution is -0.390. The van der Waals surface area contributed by atoms with Crippen LogP contribution in [-0.2, 0) is 11.8 Å². The fourth-order valence-electron chi connectivity index (χ4n) is 0.957. The Kier molecular flexibility index (Phi) is 3.13. The van der Waals surface area contributed by atoms with Gasteiger partial charge in [-0.1, -0.05) is 0 Å². The smallest absolute Gasteiger partial charge is 0.358 e. The summed E-state index contributed by atoms with van der Waals surface area (Å²) in [5.41, 5.74) is 1.55. The molecule has 1 amide bonds. The van der Waals surface area contributed by atoms with Crippen LogP contribution in [0.2, 0.25) is 0 Å². The van der Waals surface area contributed by atoms with E-state index in [1.807, 2.05) is 0 Å². The first-order valence-corrected chi connectivity index (χ1v) is 3.84. The van der Waals surface area contributed by atoms with Crippen LogP contribution < -0.4 is 5.48 Å². The summed E-state index contributed by atoms with van der Waals surface area (Å²) in [6, 6.07) is 0. The van der Waals surface area contributed by atoms with E-state index in [1.54, 1.807) is 0 Å². The van der Waals surface area contributed by atoms with Crippen molar-refractivity contribution >= 4 is 17.8 Å². The van der Waals surface area contributed by atoms with E-state index in [-0.39, 0.29) is 11.4 Å². The summed E-state index contributed by atoms with van der Waals surface area (Å²) in [6.07, 6.45) is 3.54. The van der Waals surface area contributed by atoms with Crippen molar-refractivity contribution in [1.29, 1.82) is 0 Å². The Balaban J connectivity index is 2.98. The Hall–Kier alpha value is -2.22. The summed E-state index contributed by atoms with van der Waals surface area (Å²) in [6.45, 7) is 0. The van der Waals surface area contributed by atoms with Crippen LogP contribution in [0.5, 0.6) is 0 Å². The second kappa shape index (κ2) is 4.33. The molecule has 0 saturated carbocycles. The molecule has 1 aromatic heterocycles. The number of nitro groups is 1. The van der Waals surface area contributed by atoms with Crippen molar-refractivity contribution in [2.24, 2.45) is 7.05 Å². The first-order valence-electron chi connectivity index (χ1n) is 3.84. The number of hydrogen-bond acceptors (Lipinski definition) is 5. The van der Waals surface area contributed by atoms with Gasteiger partial charge >= 0.3 is 5.82 Å². The molecule has 1 rings (SSSR count). The molecule has 8 nitrogen and oxygen atoms in total. The Bertz CT molecular complexity index is 423. The first-order chi connectivity index (χ1) is 7.04. The number of carbonyl (C=O) groups is 1. The second-order valence-electron chi connectivity index (χ2n) is 2.65. The van der Waals surface area contributed by atoms with E-state index in [4.69, 9.17) is 5.21 Å². The van der Waals surface area contributed by atoms with Gasteiger partial charge in [-0.25, -0.2) is 5.48 Å². The maximum atomic E-state index is 10.6. The summed E-state index contributed by atoms with van der Waals surface area (Å²) in [5, 5.41) is 22.3. The van der Waals surface area contributed by atoms with Crippen LogP contribution in [0.3, 0.4) is 0 Å². The molecular formula is C7H8N4O4. The monoisotopic (exact) mass is 212 g/mol. The number of amides is 1. The summed E-state index contributed by atoms with van der Waals surface area (Å²) < 4.78 is 1.26. The van der Waals surface area contributed by atoms with Crippen molar-refractivity contribution in [1.82, 2.24) is 15.3 Å². The van der Waals surface area contributed by atoms with E-state index < -0.39 is 10.8 Å². The standard InChI is InChI=1S/C7H8N4O4/c1-10-4-5(2-3-6(12)9-13)7(8-10)11(14)15/h2-4,13H,1H3,(H,9,12). The lowest BCUT2D eigenvalue weighted by Gasteiger charge is -1.89. The third-order valence-electron chi connectivity index (χ3n) is 1.53. The lowest BCUT2D eigenvalue weighted by Crippen LogP contribution is -2.14. The van der Waals surface area contributed by atoms with E-state index >= 15 is 0 Å². The molecule has 8 heteroatoms. The molecule has 0 spiro atoms. The quantitative estimate of drug-likeness (QED) is 0.313. The molecule has 0 aromatic carbocycles. The van der Waals surface area contributed by atoms with Crippen LogP contribution in [0.15, 0.2) is 12.3 Å². The van der Waals surface area contributed by atoms with Gasteiger partial charge in [0.25, 0.3) is 5.91 Å². The van der Waals surface area contributed by atoms with Crippen LogP contribution >= 0.6 is 0 Å². The maximum absolute atomic E-state index is 10.6. The van der Waals surface area contributed by atoms with Crippen molar-refractivity contribution in [3.05, 3.63) is 28.0 Å². The van der Waals surface area contributed by atoms with Gasteiger partial charge in [0.05, 0.1) is 23.9 Å². The topological polar surface area (TPSA) is 110 Å². The molecule has 15 heavy (non-hydrogen) atoms. The van der Waals surface area contributed by atoms with Crippen molar-refractivity contribution in [2.45, 2.75) is 0 Å². The summed E-state index contributed by atoms with van der Waals surface area (Å²) in [5.74, 6) is -1.12. The molecule has 0 radical (unpaired) electrons. The van der Waals surface area contributed by atoms with E-state index in [2.05, 4.69) is 5.10 Å². The van der Waals surface area contributed by atoms with Crippen molar-refractivity contribution < 1.29 is 14.9 Å². The summed E-state index contributed by atoms with van der Waals surface area (Å²) >= 11 is 0. The molecule has 1 heterocycles. The lowest BCUT2D eigenvalue weighted by atomic mass is 10.3. The fraction of sp³-hybridized carbons (Fsp3) is 0.143. The zero-order valence-electron chi connectivity index (χ0n) is 7.75. The molecule has 0 aliphatic heterocycles. The number of nitrogens with zero attached hydrogens (tertiary/aromatic N) is 3. The molecule has 0 aliphatic carbocycles. The minimum atomic E-state index is -0.770. The number of aryl methyl sites for hydroxylation is 1. The number of hydroxylamine groups is 1. The highest BCUT2D eigenvalue weighted by molar-refractivity contribution is 5.91. The Morgan fingerprint density at radius 1 is 1.80 bits per heavy atom. The Morgan fingerprint density at radius 3 is 3.00 bits per heavy atom. The van der Waals surface area contributed by atoms with Crippen molar-refractivity contribution in [3.63, 3.8) is 0 Å². The van der Waals surface area contributed by atoms with Crippen LogP contribution in [-0.4, -0.2) is 25.8 Å². The van der Waals surface area contributed by atoms with Gasteiger partial charge in [-0.3, -0.25) is 10.0 Å². The first kappa shape index (κ1) is 10.9. The highest BCUT2D eigenvalue weighted by atomic mass is 16.6. The number of nitrogens with one attached hydrogen (secondary N) is 1. The van der Waals surface area contributed by atoms with Crippen molar-refractivity contribution in [2.75, 3.05) is 0 Å². The van der Waals surface area contributed by atoms with Crippen LogP contribution in [0.25, 0.3) is 6.08 Å². The molecular weight excluding hydrogens is 204 g/mol. The Labute approximate surface area is 83.9 Å². The number of rotatable bonds is 3. The van der Waals surface area contributed by atoms with Gasteiger partial charge < -0.3 is 10.1 Å². The van der Waals surface area contributed by atoms with Gasteiger partial charge in [0.15, 0.2) is 0 Å². The predicted molar refractivity (Wildman–Crippen MR) is 48.8 cm³/mol. The highest BCUT2D eigenvalue weighted by Crippen LogP contribution is 2.16. The second-order valence-corrected chi connectivity index (χ2v) is 2.65. The van der Waals surface area contributed by atoms with Gasteiger partial charge in [0.2, 0.25) is 0 Å². The molecule has 1 aromatic rings. The molecule has 0 aliphatic rings. The minimum absolute atomic E-state index is 0.186. The van der Waals surface area contributed by atoms with Crippen LogP contribution in [0, 0.1) is 10.1 Å². The van der Waals surface area contributed by atoms with E-state index in [0.717, 1.165) is 6.08 Å². The molecule has 0 atom stereocenters. The average Bonchev–Trinajstić information content (AvgIpc) is 2.56. The van der Waals surface area contributed by atoms with Gasteiger partial charge in [0.1, 0.15) is 0 Å². The normalized spacial score (nSPS) is 10.5. The van der Waals surface area contributed by atoms with Crippen LogP contribution in [0.4, 0.5) is 5.82 Å². The number of carbonyl (C=O) groups excluding carboxylic acids is 1. The van der Waals surface area contributed by atoms with E-state index in [1.165, 1.54) is 29.5 Å². The SMILES string of the molecule is Cn1cc(C=CC(=O)NO)c([N+](=O)[O-])n1. The zero-order valence-corrected chi connectivity index (χ0v) is 7.75. The largest absolute Gasteiger partial charge is 0.397 e. The summed E-state index contributed by atoms with van der Waals surface area (Å²) in [4.78, 5) is 20.5. The van der Waals surface area contributed by atoms with Gasteiger partial charge in [0, 0.05) is 6.08 Å². The average molecular weight is 212 g/mol. The van der Waals surface area contributed by atoms with Gasteiger partial charge in [-0.15, -0.1) is 0 Å². The molecule has 2 N–H and O–H groups in total. The zero-order chi connectivity index (χ0) is 11.4.